The molecular formula is C33H24IrN3. The van der Waals surface area contributed by atoms with E-state index in [9.17, 15) is 0 Å². The van der Waals surface area contributed by atoms with E-state index in [2.05, 4.69) is 33.2 Å². The monoisotopic (exact) mass is 655 g/mol. The summed E-state index contributed by atoms with van der Waals surface area (Å²) in [5.74, 6) is 0. The summed E-state index contributed by atoms with van der Waals surface area (Å²) in [4.78, 5) is 12.7. The van der Waals surface area contributed by atoms with E-state index >= 15 is 0 Å². The molecule has 0 aliphatic carbocycles. The van der Waals surface area contributed by atoms with Gasteiger partial charge in [-0.1, -0.05) is 91.0 Å². The molecule has 0 unspecified atom stereocenters. The number of aromatic nitrogens is 3. The molecule has 0 aliphatic heterocycles. The van der Waals surface area contributed by atoms with Gasteiger partial charge < -0.3 is 0 Å². The van der Waals surface area contributed by atoms with Crippen LogP contribution in [-0.4, -0.2) is 15.0 Å². The van der Waals surface area contributed by atoms with Crippen molar-refractivity contribution in [3.63, 3.8) is 0 Å². The first-order valence-corrected chi connectivity index (χ1v) is 11.5. The first-order valence-electron chi connectivity index (χ1n) is 11.5. The normalized spacial score (nSPS) is 9.41. The fraction of sp³-hybridized carbons (Fsp3) is 0. The molecule has 0 saturated carbocycles. The van der Waals surface area contributed by atoms with Crippen LogP contribution in [0.1, 0.15) is 0 Å². The van der Waals surface area contributed by atoms with Gasteiger partial charge in [0.2, 0.25) is 0 Å². The molecule has 4 heteroatoms. The Morgan fingerprint density at radius 1 is 0.351 bits per heavy atom. The van der Waals surface area contributed by atoms with Crippen LogP contribution >= 0.6 is 0 Å². The Morgan fingerprint density at radius 2 is 0.649 bits per heavy atom. The van der Waals surface area contributed by atoms with Gasteiger partial charge in [0.15, 0.2) is 0 Å². The van der Waals surface area contributed by atoms with Gasteiger partial charge in [-0.05, 0) is 54.6 Å². The summed E-state index contributed by atoms with van der Waals surface area (Å²) >= 11 is 0. The average molecular weight is 655 g/mol. The molecule has 37 heavy (non-hydrogen) atoms. The molecular weight excluding hydrogens is 631 g/mol. The van der Waals surface area contributed by atoms with Crippen molar-refractivity contribution >= 4 is 0 Å². The molecule has 0 saturated heterocycles. The molecule has 0 atom stereocenters. The fourth-order valence-corrected chi connectivity index (χ4v) is 3.22. The molecule has 0 fully saturated rings. The largest absolute Gasteiger partial charge is 0.256 e. The Labute approximate surface area is 232 Å². The van der Waals surface area contributed by atoms with E-state index in [4.69, 9.17) is 0 Å². The van der Waals surface area contributed by atoms with Gasteiger partial charge in [0, 0.05) is 55.4 Å². The van der Waals surface area contributed by atoms with Gasteiger partial charge in [0.25, 0.3) is 0 Å². The molecule has 6 rings (SSSR count). The van der Waals surface area contributed by atoms with Crippen LogP contribution in [-0.2, 0) is 20.1 Å². The zero-order valence-corrected chi connectivity index (χ0v) is 22.4. The zero-order chi connectivity index (χ0) is 24.7. The van der Waals surface area contributed by atoms with E-state index in [1.165, 1.54) is 0 Å². The van der Waals surface area contributed by atoms with Gasteiger partial charge in [0.1, 0.15) is 0 Å². The second-order valence-electron chi connectivity index (χ2n) is 7.47. The van der Waals surface area contributed by atoms with E-state index in [0.29, 0.717) is 0 Å². The van der Waals surface area contributed by atoms with Gasteiger partial charge in [-0.25, -0.2) is 0 Å². The molecule has 3 heterocycles. The predicted octanol–water partition coefficient (Wildman–Crippen LogP) is 7.64. The summed E-state index contributed by atoms with van der Waals surface area (Å²) in [6.07, 6.45) is 5.36. The molecule has 3 nitrogen and oxygen atoms in total. The van der Waals surface area contributed by atoms with Crippen molar-refractivity contribution in [2.45, 2.75) is 0 Å². The van der Waals surface area contributed by atoms with Gasteiger partial charge in [-0.3, -0.25) is 15.0 Å². The van der Waals surface area contributed by atoms with Crippen molar-refractivity contribution in [3.05, 3.63) is 164 Å². The standard InChI is InChI=1S/3C11H8N.Ir/c3*1-2-6-10(7-3-1)11-8-4-5-9-12-11;/h3*1-6,8-9H;. The predicted molar refractivity (Wildman–Crippen MR) is 146 cm³/mol. The van der Waals surface area contributed by atoms with Gasteiger partial charge >= 0.3 is 0 Å². The molecule has 0 bridgehead atoms. The maximum atomic E-state index is 4.22. The van der Waals surface area contributed by atoms with Crippen LogP contribution < -0.4 is 0 Å². The minimum absolute atomic E-state index is 0. The minimum Gasteiger partial charge on any atom is -0.256 e. The molecule has 0 spiro atoms. The van der Waals surface area contributed by atoms with Crippen LogP contribution in [0.5, 0.6) is 0 Å². The molecule has 0 aliphatic rings. The Balaban J connectivity index is 0.000000152. The molecule has 6 aromatic rings. The molecule has 0 amide bonds. The first-order chi connectivity index (χ1) is 17.9. The van der Waals surface area contributed by atoms with E-state index in [1.54, 1.807) is 18.6 Å². The number of benzene rings is 3. The number of pyridine rings is 3. The Morgan fingerprint density at radius 3 is 0.865 bits per heavy atom. The van der Waals surface area contributed by atoms with Crippen molar-refractivity contribution in [2.75, 3.05) is 0 Å². The third-order valence-electron chi connectivity index (χ3n) is 4.95. The summed E-state index contributed by atoms with van der Waals surface area (Å²) in [6.45, 7) is 0. The minimum atomic E-state index is 0. The summed E-state index contributed by atoms with van der Waals surface area (Å²) < 4.78 is 0. The van der Waals surface area contributed by atoms with Crippen molar-refractivity contribution in [3.8, 4) is 33.8 Å². The maximum absolute atomic E-state index is 4.22. The number of hydrogen-bond acceptors (Lipinski definition) is 3. The number of rotatable bonds is 3. The van der Waals surface area contributed by atoms with Crippen molar-refractivity contribution in [1.29, 1.82) is 0 Å². The topological polar surface area (TPSA) is 38.7 Å². The zero-order valence-electron chi connectivity index (χ0n) is 20.0. The third-order valence-corrected chi connectivity index (χ3v) is 4.95. The van der Waals surface area contributed by atoms with Crippen LogP contribution in [0.3, 0.4) is 0 Å². The van der Waals surface area contributed by atoms with Gasteiger partial charge in [0.05, 0.1) is 17.1 Å². The number of nitrogens with zero attached hydrogens (tertiary/aromatic N) is 3. The maximum Gasteiger partial charge on any atom is 0.0708 e. The van der Waals surface area contributed by atoms with Crippen LogP contribution in [0.4, 0.5) is 0 Å². The molecule has 180 valence electrons. The van der Waals surface area contributed by atoms with Crippen LogP contribution in [0.15, 0.2) is 146 Å². The summed E-state index contributed by atoms with van der Waals surface area (Å²) in [5, 5.41) is 0. The SMILES string of the molecule is [Ir].[c]1ccccc1-c1ccccn1.[c]1ccccc1-c1ccccn1.[c]1ccccc1-c1ccccn1. The summed E-state index contributed by atoms with van der Waals surface area (Å²) in [6, 6.07) is 50.5. The van der Waals surface area contributed by atoms with Crippen molar-refractivity contribution < 1.29 is 20.1 Å². The molecule has 3 aromatic heterocycles. The van der Waals surface area contributed by atoms with E-state index in [1.807, 2.05) is 127 Å². The van der Waals surface area contributed by atoms with Crippen molar-refractivity contribution in [2.24, 2.45) is 0 Å². The van der Waals surface area contributed by atoms with E-state index in [0.717, 1.165) is 33.8 Å². The Bertz CT molecular complexity index is 1090. The Hall–Kier alpha value is -4.24. The smallest absolute Gasteiger partial charge is 0.0708 e. The second kappa shape index (κ2) is 15.7. The molecule has 0 N–H and O–H groups in total. The van der Waals surface area contributed by atoms with Gasteiger partial charge in [-0.2, -0.15) is 0 Å². The van der Waals surface area contributed by atoms with Crippen LogP contribution in [0, 0.1) is 18.2 Å². The summed E-state index contributed by atoms with van der Waals surface area (Å²) in [5.41, 5.74) is 6.03. The quantitative estimate of drug-likeness (QED) is 0.197. The third kappa shape index (κ3) is 9.05. The molecule has 3 aromatic carbocycles. The summed E-state index contributed by atoms with van der Waals surface area (Å²) in [7, 11) is 0. The molecule has 4 radical (unpaired) electrons. The first kappa shape index (κ1) is 27.3. The Kier molecular flexibility index (Phi) is 11.6. The fourth-order valence-electron chi connectivity index (χ4n) is 3.22. The number of hydrogen-bond donors (Lipinski definition) is 0. The average Bonchev–Trinajstić information content (AvgIpc) is 3.01. The van der Waals surface area contributed by atoms with E-state index < -0.39 is 0 Å². The van der Waals surface area contributed by atoms with Crippen LogP contribution in [0.2, 0.25) is 0 Å². The van der Waals surface area contributed by atoms with Gasteiger partial charge in [-0.15, -0.1) is 0 Å². The second-order valence-corrected chi connectivity index (χ2v) is 7.47. The van der Waals surface area contributed by atoms with E-state index in [-0.39, 0.29) is 20.1 Å². The van der Waals surface area contributed by atoms with Crippen LogP contribution in [0.25, 0.3) is 33.8 Å². The van der Waals surface area contributed by atoms with Crippen molar-refractivity contribution in [1.82, 2.24) is 15.0 Å².